The molecule has 1 unspecified atom stereocenters. The van der Waals surface area contributed by atoms with Crippen LogP contribution in [0.3, 0.4) is 0 Å². The normalized spacial score (nSPS) is 19.2. The van der Waals surface area contributed by atoms with E-state index in [9.17, 15) is 9.59 Å². The smallest absolute Gasteiger partial charge is 0.254 e. The second kappa shape index (κ2) is 5.30. The van der Waals surface area contributed by atoms with E-state index < -0.39 is 11.9 Å². The summed E-state index contributed by atoms with van der Waals surface area (Å²) in [5.41, 5.74) is 13.1. The number of hydrogen-bond donors (Lipinski definition) is 2. The number of likely N-dealkylation sites (tertiary alicyclic amines) is 1. The number of carbonyl (C=O) groups is 2. The molecule has 2 rings (SSSR count). The molecule has 1 aliphatic rings. The van der Waals surface area contributed by atoms with Crippen LogP contribution in [-0.2, 0) is 4.79 Å². The Morgan fingerprint density at radius 3 is 2.68 bits per heavy atom. The minimum atomic E-state index is -0.488. The molecule has 1 aliphatic heterocycles. The van der Waals surface area contributed by atoms with Gasteiger partial charge < -0.3 is 16.4 Å². The summed E-state index contributed by atoms with van der Waals surface area (Å²) in [5, 5.41) is 0. The van der Waals surface area contributed by atoms with Gasteiger partial charge in [-0.15, -0.1) is 0 Å². The molecule has 5 nitrogen and oxygen atoms in total. The number of anilines is 1. The van der Waals surface area contributed by atoms with Crippen LogP contribution < -0.4 is 11.5 Å². The van der Waals surface area contributed by atoms with Gasteiger partial charge in [0.2, 0.25) is 5.91 Å². The Hall–Kier alpha value is -2.04. The van der Waals surface area contributed by atoms with Gasteiger partial charge in [-0.3, -0.25) is 9.59 Å². The number of hydrogen-bond acceptors (Lipinski definition) is 3. The number of primary amides is 1. The van der Waals surface area contributed by atoms with Gasteiger partial charge in [0.15, 0.2) is 0 Å². The fourth-order valence-corrected chi connectivity index (χ4v) is 2.55. The van der Waals surface area contributed by atoms with Crippen molar-refractivity contribution >= 4 is 17.5 Å². The lowest BCUT2D eigenvalue weighted by molar-refractivity contribution is -0.123. The van der Waals surface area contributed by atoms with Crippen LogP contribution in [0.15, 0.2) is 18.2 Å². The van der Waals surface area contributed by atoms with Crippen LogP contribution >= 0.6 is 0 Å². The highest BCUT2D eigenvalue weighted by molar-refractivity contribution is 5.98. The van der Waals surface area contributed by atoms with Gasteiger partial charge in [-0.2, -0.15) is 0 Å². The van der Waals surface area contributed by atoms with Crippen LogP contribution in [0.4, 0.5) is 5.69 Å². The zero-order valence-corrected chi connectivity index (χ0v) is 11.1. The van der Waals surface area contributed by atoms with E-state index in [2.05, 4.69) is 0 Å². The largest absolute Gasteiger partial charge is 0.399 e. The number of nitrogens with zero attached hydrogens (tertiary/aromatic N) is 1. The standard InChI is InChI=1S/C14H19N3O2/c1-9-8-10(15)5-6-11(9)14(19)17-7-3-2-4-12(17)13(16)18/h5-6,8,12H,2-4,7,15H2,1H3,(H2,16,18). The minimum Gasteiger partial charge on any atom is -0.399 e. The predicted octanol–water partition coefficient (Wildman–Crippen LogP) is 1.06. The molecule has 2 amide bonds. The summed E-state index contributed by atoms with van der Waals surface area (Å²) in [4.78, 5) is 25.6. The monoisotopic (exact) mass is 261 g/mol. The van der Waals surface area contributed by atoms with E-state index >= 15 is 0 Å². The first-order valence-corrected chi connectivity index (χ1v) is 6.47. The number of amides is 2. The second-order valence-electron chi connectivity index (χ2n) is 4.99. The van der Waals surface area contributed by atoms with Gasteiger partial charge in [0.05, 0.1) is 0 Å². The Bertz CT molecular complexity index is 513. The van der Waals surface area contributed by atoms with Crippen LogP contribution in [-0.4, -0.2) is 29.3 Å². The summed E-state index contributed by atoms with van der Waals surface area (Å²) in [6.45, 7) is 2.42. The third kappa shape index (κ3) is 2.70. The molecule has 102 valence electrons. The van der Waals surface area contributed by atoms with Crippen molar-refractivity contribution in [3.63, 3.8) is 0 Å². The van der Waals surface area contributed by atoms with E-state index in [0.717, 1.165) is 18.4 Å². The molecule has 1 heterocycles. The highest BCUT2D eigenvalue weighted by atomic mass is 16.2. The number of aryl methyl sites for hydroxylation is 1. The van der Waals surface area contributed by atoms with Crippen LogP contribution in [0.25, 0.3) is 0 Å². The van der Waals surface area contributed by atoms with Crippen LogP contribution in [0.1, 0.15) is 35.2 Å². The van der Waals surface area contributed by atoms with Crippen molar-refractivity contribution in [3.05, 3.63) is 29.3 Å². The maximum Gasteiger partial charge on any atom is 0.254 e. The predicted molar refractivity (Wildman–Crippen MR) is 73.5 cm³/mol. The molecular formula is C14H19N3O2. The molecule has 19 heavy (non-hydrogen) atoms. The number of nitrogen functional groups attached to an aromatic ring is 1. The van der Waals surface area contributed by atoms with E-state index in [1.807, 2.05) is 6.92 Å². The summed E-state index contributed by atoms with van der Waals surface area (Å²) in [6.07, 6.45) is 2.48. The molecule has 0 aliphatic carbocycles. The number of rotatable bonds is 2. The number of carbonyl (C=O) groups excluding carboxylic acids is 2. The van der Waals surface area contributed by atoms with Gasteiger partial charge in [0.25, 0.3) is 5.91 Å². The van der Waals surface area contributed by atoms with Crippen molar-refractivity contribution in [2.75, 3.05) is 12.3 Å². The van der Waals surface area contributed by atoms with E-state index in [1.165, 1.54) is 0 Å². The quantitative estimate of drug-likeness (QED) is 0.780. The van der Waals surface area contributed by atoms with Gasteiger partial charge in [0.1, 0.15) is 6.04 Å². The molecule has 1 aromatic rings. The number of nitrogens with two attached hydrogens (primary N) is 2. The van der Waals surface area contributed by atoms with Gasteiger partial charge in [-0.25, -0.2) is 0 Å². The lowest BCUT2D eigenvalue weighted by atomic mass is 9.99. The Labute approximate surface area is 112 Å². The molecule has 1 saturated heterocycles. The van der Waals surface area contributed by atoms with Crippen molar-refractivity contribution < 1.29 is 9.59 Å². The molecule has 0 radical (unpaired) electrons. The van der Waals surface area contributed by atoms with E-state index in [4.69, 9.17) is 11.5 Å². The fourth-order valence-electron chi connectivity index (χ4n) is 2.55. The Morgan fingerprint density at radius 1 is 1.32 bits per heavy atom. The average Bonchev–Trinajstić information content (AvgIpc) is 2.38. The van der Waals surface area contributed by atoms with Gasteiger partial charge in [0, 0.05) is 17.8 Å². The first kappa shape index (κ1) is 13.4. The zero-order valence-electron chi connectivity index (χ0n) is 11.1. The van der Waals surface area contributed by atoms with E-state index in [1.54, 1.807) is 23.1 Å². The van der Waals surface area contributed by atoms with Gasteiger partial charge in [-0.05, 0) is 49.9 Å². The maximum absolute atomic E-state index is 12.5. The second-order valence-corrected chi connectivity index (χ2v) is 4.99. The van der Waals surface area contributed by atoms with Crippen LogP contribution in [0.2, 0.25) is 0 Å². The lowest BCUT2D eigenvalue weighted by Gasteiger charge is -2.34. The molecular weight excluding hydrogens is 242 g/mol. The molecule has 0 bridgehead atoms. The summed E-state index contributed by atoms with van der Waals surface area (Å²) in [7, 11) is 0. The Kier molecular flexibility index (Phi) is 3.74. The Morgan fingerprint density at radius 2 is 2.05 bits per heavy atom. The molecule has 0 saturated carbocycles. The van der Waals surface area contributed by atoms with Crippen molar-refractivity contribution in [1.29, 1.82) is 0 Å². The summed E-state index contributed by atoms with van der Waals surface area (Å²) in [5.74, 6) is -0.567. The number of benzene rings is 1. The molecule has 1 aromatic carbocycles. The first-order valence-electron chi connectivity index (χ1n) is 6.47. The molecule has 5 heteroatoms. The summed E-state index contributed by atoms with van der Waals surface area (Å²) in [6, 6.07) is 4.68. The topological polar surface area (TPSA) is 89.4 Å². The summed E-state index contributed by atoms with van der Waals surface area (Å²) < 4.78 is 0. The highest BCUT2D eigenvalue weighted by Gasteiger charge is 2.31. The van der Waals surface area contributed by atoms with Crippen molar-refractivity contribution in [3.8, 4) is 0 Å². The van der Waals surface area contributed by atoms with Crippen molar-refractivity contribution in [2.45, 2.75) is 32.2 Å². The fraction of sp³-hybridized carbons (Fsp3) is 0.429. The number of piperidine rings is 1. The molecule has 0 aromatic heterocycles. The molecule has 1 atom stereocenters. The summed E-state index contributed by atoms with van der Waals surface area (Å²) >= 11 is 0. The molecule has 4 N–H and O–H groups in total. The average molecular weight is 261 g/mol. The Balaban J connectivity index is 2.28. The third-order valence-corrected chi connectivity index (χ3v) is 3.57. The van der Waals surface area contributed by atoms with Gasteiger partial charge >= 0.3 is 0 Å². The zero-order chi connectivity index (χ0) is 14.0. The van der Waals surface area contributed by atoms with E-state index in [-0.39, 0.29) is 5.91 Å². The molecule has 0 spiro atoms. The van der Waals surface area contributed by atoms with Crippen molar-refractivity contribution in [2.24, 2.45) is 5.73 Å². The lowest BCUT2D eigenvalue weighted by Crippen LogP contribution is -2.50. The first-order chi connectivity index (χ1) is 9.00. The maximum atomic E-state index is 12.5. The third-order valence-electron chi connectivity index (χ3n) is 3.57. The van der Waals surface area contributed by atoms with Gasteiger partial charge in [-0.1, -0.05) is 0 Å². The minimum absolute atomic E-state index is 0.138. The molecule has 1 fully saturated rings. The SMILES string of the molecule is Cc1cc(N)ccc1C(=O)N1CCCCC1C(N)=O. The van der Waals surface area contributed by atoms with Crippen LogP contribution in [0.5, 0.6) is 0 Å². The highest BCUT2D eigenvalue weighted by Crippen LogP contribution is 2.22. The van der Waals surface area contributed by atoms with Crippen molar-refractivity contribution in [1.82, 2.24) is 4.90 Å². The van der Waals surface area contributed by atoms with E-state index in [0.29, 0.717) is 24.2 Å². The van der Waals surface area contributed by atoms with Crippen LogP contribution in [0, 0.1) is 6.92 Å².